The van der Waals surface area contributed by atoms with Gasteiger partial charge in [-0.2, -0.15) is 0 Å². The minimum atomic E-state index is 0.810. The lowest BCUT2D eigenvalue weighted by molar-refractivity contribution is -0.107. The van der Waals surface area contributed by atoms with Crippen LogP contribution < -0.4 is 4.90 Å². The Balaban J connectivity index is 0.000000921. The summed E-state index contributed by atoms with van der Waals surface area (Å²) < 4.78 is 0. The van der Waals surface area contributed by atoms with Gasteiger partial charge in [0.1, 0.15) is 0 Å². The van der Waals surface area contributed by atoms with E-state index in [2.05, 4.69) is 18.5 Å². The zero-order valence-corrected chi connectivity index (χ0v) is 10.1. The van der Waals surface area contributed by atoms with Crippen molar-refractivity contribution >= 4 is 23.7 Å². The average molecular weight is 228 g/mol. The fraction of sp³-hybridized carbons (Fsp3) is 0.417. The molecule has 84 valence electrons. The second-order valence-electron chi connectivity index (χ2n) is 2.99. The van der Waals surface area contributed by atoms with Gasteiger partial charge < -0.3 is 4.90 Å². The van der Waals surface area contributed by atoms with Crippen LogP contribution in [0.3, 0.4) is 0 Å². The molecule has 0 fully saturated rings. The quantitative estimate of drug-likeness (QED) is 0.558. The Labute approximate surface area is 96.9 Å². The van der Waals surface area contributed by atoms with Crippen LogP contribution >= 0.6 is 11.6 Å². The maximum Gasteiger partial charge on any atom is 0.214 e. The van der Waals surface area contributed by atoms with Crippen molar-refractivity contribution in [2.45, 2.75) is 19.8 Å². The van der Waals surface area contributed by atoms with Crippen molar-refractivity contribution in [1.29, 1.82) is 0 Å². The molecule has 0 aliphatic heterocycles. The number of nitrogens with zero attached hydrogens (tertiary/aromatic N) is 1. The normalized spacial score (nSPS) is 8.73. The number of unbranched alkanes of at least 4 members (excludes halogenated alkanes) is 1. The smallest absolute Gasteiger partial charge is 0.214 e. The molecule has 1 amide bonds. The van der Waals surface area contributed by atoms with Crippen LogP contribution in [0.15, 0.2) is 30.3 Å². The lowest BCUT2D eigenvalue weighted by Gasteiger charge is -2.16. The van der Waals surface area contributed by atoms with Gasteiger partial charge in [0.15, 0.2) is 0 Å². The predicted octanol–water partition coefficient (Wildman–Crippen LogP) is 3.30. The summed E-state index contributed by atoms with van der Waals surface area (Å²) in [4.78, 5) is 12.5. The predicted molar refractivity (Wildman–Crippen MR) is 66.5 cm³/mol. The van der Waals surface area contributed by atoms with E-state index in [4.69, 9.17) is 0 Å². The second kappa shape index (κ2) is 9.53. The molecular formula is C12H18ClNO. The summed E-state index contributed by atoms with van der Waals surface area (Å²) in [5.74, 6) is 0. The molecular weight excluding hydrogens is 210 g/mol. The number of carbonyl (C=O) groups excluding carboxylic acids is 1. The van der Waals surface area contributed by atoms with Crippen molar-refractivity contribution < 1.29 is 4.79 Å². The third kappa shape index (κ3) is 5.43. The van der Waals surface area contributed by atoms with E-state index in [9.17, 15) is 4.79 Å². The van der Waals surface area contributed by atoms with Gasteiger partial charge in [-0.3, -0.25) is 4.79 Å². The molecule has 15 heavy (non-hydrogen) atoms. The Hall–Kier alpha value is -1.02. The van der Waals surface area contributed by atoms with Crippen molar-refractivity contribution in [2.24, 2.45) is 0 Å². The molecule has 1 aromatic carbocycles. The first-order chi connectivity index (χ1) is 7.38. The van der Waals surface area contributed by atoms with E-state index < -0.39 is 0 Å². The monoisotopic (exact) mass is 227 g/mol. The first-order valence-electron chi connectivity index (χ1n) is 5.03. The number of hydrogen-bond acceptors (Lipinski definition) is 1. The van der Waals surface area contributed by atoms with E-state index in [0.717, 1.165) is 31.5 Å². The minimum Gasteiger partial charge on any atom is -0.315 e. The third-order valence-corrected chi connectivity index (χ3v) is 1.97. The van der Waals surface area contributed by atoms with Gasteiger partial charge in [0.05, 0.1) is 0 Å². The van der Waals surface area contributed by atoms with Gasteiger partial charge in [-0.05, 0) is 18.6 Å². The molecule has 0 aliphatic carbocycles. The van der Waals surface area contributed by atoms with Gasteiger partial charge in [0.25, 0.3) is 0 Å². The number of carbonyl (C=O) groups is 1. The number of benzene rings is 1. The van der Waals surface area contributed by atoms with E-state index in [1.54, 1.807) is 4.90 Å². The van der Waals surface area contributed by atoms with Gasteiger partial charge in [-0.15, -0.1) is 11.6 Å². The van der Waals surface area contributed by atoms with Crippen LogP contribution in [0.4, 0.5) is 5.69 Å². The highest BCUT2D eigenvalue weighted by molar-refractivity contribution is 6.15. The molecule has 2 nitrogen and oxygen atoms in total. The van der Waals surface area contributed by atoms with Crippen LogP contribution in [0.2, 0.25) is 0 Å². The third-order valence-electron chi connectivity index (χ3n) is 1.97. The average Bonchev–Trinajstić information content (AvgIpc) is 2.34. The number of anilines is 1. The van der Waals surface area contributed by atoms with Crippen LogP contribution in [0.25, 0.3) is 0 Å². The highest BCUT2D eigenvalue weighted by Gasteiger charge is 2.01. The Morgan fingerprint density at radius 1 is 1.27 bits per heavy atom. The maximum absolute atomic E-state index is 10.7. The Morgan fingerprint density at radius 3 is 2.33 bits per heavy atom. The summed E-state index contributed by atoms with van der Waals surface area (Å²) in [6.45, 7) is 2.93. The summed E-state index contributed by atoms with van der Waals surface area (Å²) in [5, 5.41) is 0. The second-order valence-corrected chi connectivity index (χ2v) is 2.99. The first kappa shape index (κ1) is 14.0. The van der Waals surface area contributed by atoms with Crippen molar-refractivity contribution in [3.8, 4) is 0 Å². The van der Waals surface area contributed by atoms with Gasteiger partial charge in [0, 0.05) is 18.6 Å². The van der Waals surface area contributed by atoms with Crippen LogP contribution in [-0.4, -0.2) is 19.3 Å². The van der Waals surface area contributed by atoms with Crippen LogP contribution in [0.5, 0.6) is 0 Å². The standard InChI is InChI=1S/C11H15NO.CH3Cl/c1-2-3-9-12(10-13)11-7-5-4-6-8-11;1-2/h4-8,10H,2-3,9H2,1H3;1H3. The van der Waals surface area contributed by atoms with E-state index in [-0.39, 0.29) is 0 Å². The van der Waals surface area contributed by atoms with E-state index in [1.165, 1.54) is 6.38 Å². The molecule has 0 unspecified atom stereocenters. The molecule has 0 radical (unpaired) electrons. The van der Waals surface area contributed by atoms with Gasteiger partial charge in [-0.1, -0.05) is 31.5 Å². The molecule has 0 aromatic heterocycles. The minimum absolute atomic E-state index is 0.810. The topological polar surface area (TPSA) is 20.3 Å². The number of alkyl halides is 1. The summed E-state index contributed by atoms with van der Waals surface area (Å²) in [6.07, 6.45) is 4.52. The molecule has 0 bridgehead atoms. The molecule has 0 N–H and O–H groups in total. The van der Waals surface area contributed by atoms with Crippen molar-refractivity contribution in [2.75, 3.05) is 17.8 Å². The molecule has 0 aliphatic rings. The molecule has 1 rings (SSSR count). The number of halogens is 1. The molecule has 0 saturated carbocycles. The zero-order chi connectivity index (χ0) is 11.5. The summed E-state index contributed by atoms with van der Waals surface area (Å²) in [7, 11) is 0. The molecule has 0 heterocycles. The van der Waals surface area contributed by atoms with Gasteiger partial charge in [0.2, 0.25) is 6.41 Å². The number of para-hydroxylation sites is 1. The maximum atomic E-state index is 10.7. The van der Waals surface area contributed by atoms with E-state index >= 15 is 0 Å². The number of hydrogen-bond donors (Lipinski definition) is 0. The highest BCUT2D eigenvalue weighted by atomic mass is 35.5. The zero-order valence-electron chi connectivity index (χ0n) is 9.32. The van der Waals surface area contributed by atoms with Crippen LogP contribution in [0, 0.1) is 0 Å². The summed E-state index contributed by atoms with van der Waals surface area (Å²) in [5.41, 5.74) is 0.978. The molecule has 1 aromatic rings. The summed E-state index contributed by atoms with van der Waals surface area (Å²) in [6, 6.07) is 9.73. The summed E-state index contributed by atoms with van der Waals surface area (Å²) >= 11 is 4.64. The van der Waals surface area contributed by atoms with Crippen LogP contribution in [0.1, 0.15) is 19.8 Å². The van der Waals surface area contributed by atoms with Crippen LogP contribution in [-0.2, 0) is 4.79 Å². The lowest BCUT2D eigenvalue weighted by atomic mass is 10.2. The van der Waals surface area contributed by atoms with Crippen molar-refractivity contribution in [3.05, 3.63) is 30.3 Å². The molecule has 0 atom stereocenters. The number of amides is 1. The Kier molecular flexibility index (Phi) is 8.88. The molecule has 3 heteroatoms. The first-order valence-corrected chi connectivity index (χ1v) is 5.79. The van der Waals surface area contributed by atoms with Crippen molar-refractivity contribution in [1.82, 2.24) is 0 Å². The fourth-order valence-corrected chi connectivity index (χ4v) is 1.19. The van der Waals surface area contributed by atoms with E-state index in [1.807, 2.05) is 30.3 Å². The van der Waals surface area contributed by atoms with E-state index in [0.29, 0.717) is 0 Å². The van der Waals surface area contributed by atoms with Gasteiger partial charge in [-0.25, -0.2) is 0 Å². The molecule has 0 spiro atoms. The highest BCUT2D eigenvalue weighted by Crippen LogP contribution is 2.11. The molecule has 0 saturated heterocycles. The lowest BCUT2D eigenvalue weighted by Crippen LogP contribution is -2.21. The Bertz CT molecular complexity index is 251. The largest absolute Gasteiger partial charge is 0.315 e. The van der Waals surface area contributed by atoms with Crippen molar-refractivity contribution in [3.63, 3.8) is 0 Å². The SMILES string of the molecule is CCCCN(C=O)c1ccccc1.CCl. The Morgan fingerprint density at radius 2 is 1.87 bits per heavy atom. The number of rotatable bonds is 5. The fourth-order valence-electron chi connectivity index (χ4n) is 1.19. The van der Waals surface area contributed by atoms with Gasteiger partial charge >= 0.3 is 0 Å².